The number of hydrogen-bond acceptors (Lipinski definition) is 3. The lowest BCUT2D eigenvalue weighted by atomic mass is 10.1. The van der Waals surface area contributed by atoms with Gasteiger partial charge in [0.15, 0.2) is 0 Å². The van der Waals surface area contributed by atoms with E-state index in [1.54, 1.807) is 12.1 Å². The van der Waals surface area contributed by atoms with Crippen molar-refractivity contribution in [3.63, 3.8) is 0 Å². The zero-order valence-electron chi connectivity index (χ0n) is 8.40. The van der Waals surface area contributed by atoms with Crippen molar-refractivity contribution in [2.45, 2.75) is 25.5 Å². The molecule has 1 aromatic carbocycles. The van der Waals surface area contributed by atoms with Crippen molar-refractivity contribution in [3.05, 3.63) is 29.3 Å². The number of primary amides is 1. The number of carbonyl (C=O) groups excluding carboxylic acids is 1. The lowest BCUT2D eigenvalue weighted by molar-refractivity contribution is 0.0996. The molecule has 0 bridgehead atoms. The number of hydrogen-bond donors (Lipinski definition) is 2. The first-order chi connectivity index (χ1) is 7.20. The van der Waals surface area contributed by atoms with E-state index in [4.69, 9.17) is 16.2 Å². The van der Waals surface area contributed by atoms with Gasteiger partial charge >= 0.3 is 0 Å². The molecule has 80 valence electrons. The van der Waals surface area contributed by atoms with Crippen LogP contribution < -0.4 is 16.2 Å². The molecule has 2 rings (SSSR count). The van der Waals surface area contributed by atoms with Crippen LogP contribution in [0.1, 0.15) is 28.8 Å². The molecule has 1 aliphatic carbocycles. The first kappa shape index (κ1) is 9.98. The highest BCUT2D eigenvalue weighted by atomic mass is 16.5. The Hall–Kier alpha value is -1.55. The summed E-state index contributed by atoms with van der Waals surface area (Å²) in [6, 6.07) is 5.31. The van der Waals surface area contributed by atoms with Crippen molar-refractivity contribution in [1.29, 1.82) is 0 Å². The van der Waals surface area contributed by atoms with E-state index < -0.39 is 5.91 Å². The molecule has 15 heavy (non-hydrogen) atoms. The number of amides is 1. The smallest absolute Gasteiger partial charge is 0.252 e. The highest BCUT2D eigenvalue weighted by Gasteiger charge is 2.25. The quantitative estimate of drug-likeness (QED) is 0.764. The summed E-state index contributed by atoms with van der Waals surface area (Å²) < 4.78 is 5.58. The maximum atomic E-state index is 11.2. The van der Waals surface area contributed by atoms with Crippen LogP contribution in [0.25, 0.3) is 0 Å². The standard InChI is InChI=1S/C11H14N2O2/c12-6-7-1-4-10(15-8-2-3-8)9(5-7)11(13)14/h1,4-5,8H,2-3,6,12H2,(H2,13,14). The summed E-state index contributed by atoms with van der Waals surface area (Å²) in [7, 11) is 0. The molecule has 0 atom stereocenters. The van der Waals surface area contributed by atoms with Crippen LogP contribution in [0.2, 0.25) is 0 Å². The number of ether oxygens (including phenoxy) is 1. The van der Waals surface area contributed by atoms with Gasteiger partial charge in [0.25, 0.3) is 5.91 Å². The van der Waals surface area contributed by atoms with Gasteiger partial charge in [-0.25, -0.2) is 0 Å². The Bertz CT molecular complexity index is 386. The van der Waals surface area contributed by atoms with Crippen molar-refractivity contribution >= 4 is 5.91 Å². The molecule has 1 fully saturated rings. The van der Waals surface area contributed by atoms with Gasteiger partial charge < -0.3 is 16.2 Å². The van der Waals surface area contributed by atoms with Crippen molar-refractivity contribution in [2.75, 3.05) is 0 Å². The van der Waals surface area contributed by atoms with Crippen molar-refractivity contribution in [2.24, 2.45) is 11.5 Å². The summed E-state index contributed by atoms with van der Waals surface area (Å²) in [5, 5.41) is 0. The number of nitrogens with two attached hydrogens (primary N) is 2. The Balaban J connectivity index is 2.29. The maximum absolute atomic E-state index is 11.2. The molecule has 1 amide bonds. The molecule has 0 unspecified atom stereocenters. The van der Waals surface area contributed by atoms with Crippen LogP contribution in [0.4, 0.5) is 0 Å². The molecule has 1 saturated carbocycles. The van der Waals surface area contributed by atoms with E-state index in [1.165, 1.54) is 0 Å². The molecular formula is C11H14N2O2. The van der Waals surface area contributed by atoms with Crippen LogP contribution in [-0.4, -0.2) is 12.0 Å². The zero-order chi connectivity index (χ0) is 10.8. The minimum absolute atomic E-state index is 0.256. The Morgan fingerprint density at radius 2 is 2.20 bits per heavy atom. The van der Waals surface area contributed by atoms with Gasteiger partial charge in [-0.15, -0.1) is 0 Å². The largest absolute Gasteiger partial charge is 0.490 e. The van der Waals surface area contributed by atoms with Crippen LogP contribution in [0.3, 0.4) is 0 Å². The predicted octanol–water partition coefficient (Wildman–Crippen LogP) is 0.785. The van der Waals surface area contributed by atoms with Gasteiger partial charge in [0.1, 0.15) is 5.75 Å². The normalized spacial score (nSPS) is 15.0. The summed E-state index contributed by atoms with van der Waals surface area (Å²) in [5.41, 5.74) is 12.1. The third-order valence-corrected chi connectivity index (χ3v) is 2.36. The number of carbonyl (C=O) groups is 1. The van der Waals surface area contributed by atoms with E-state index in [2.05, 4.69) is 0 Å². The minimum Gasteiger partial charge on any atom is -0.490 e. The van der Waals surface area contributed by atoms with E-state index in [0.29, 0.717) is 17.9 Å². The fourth-order valence-corrected chi connectivity index (χ4v) is 1.36. The fraction of sp³-hybridized carbons (Fsp3) is 0.364. The molecule has 4 nitrogen and oxygen atoms in total. The molecular weight excluding hydrogens is 192 g/mol. The van der Waals surface area contributed by atoms with E-state index in [0.717, 1.165) is 18.4 Å². The SMILES string of the molecule is NCc1ccc(OC2CC2)c(C(N)=O)c1. The van der Waals surface area contributed by atoms with Crippen molar-refractivity contribution < 1.29 is 9.53 Å². The van der Waals surface area contributed by atoms with Gasteiger partial charge in [0.05, 0.1) is 11.7 Å². The first-order valence-electron chi connectivity index (χ1n) is 5.00. The first-order valence-corrected chi connectivity index (χ1v) is 5.00. The number of benzene rings is 1. The average molecular weight is 206 g/mol. The predicted molar refractivity (Wildman–Crippen MR) is 56.5 cm³/mol. The molecule has 4 heteroatoms. The topological polar surface area (TPSA) is 78.3 Å². The fourth-order valence-electron chi connectivity index (χ4n) is 1.36. The van der Waals surface area contributed by atoms with E-state index >= 15 is 0 Å². The molecule has 0 radical (unpaired) electrons. The van der Waals surface area contributed by atoms with Gasteiger partial charge in [0.2, 0.25) is 0 Å². The van der Waals surface area contributed by atoms with Crippen LogP contribution in [0.5, 0.6) is 5.75 Å². The summed E-state index contributed by atoms with van der Waals surface area (Å²) in [5.74, 6) is 0.100. The Labute approximate surface area is 88.2 Å². The Morgan fingerprint density at radius 3 is 2.73 bits per heavy atom. The second-order valence-electron chi connectivity index (χ2n) is 3.72. The van der Waals surface area contributed by atoms with Gasteiger partial charge in [-0.3, -0.25) is 4.79 Å². The lowest BCUT2D eigenvalue weighted by Gasteiger charge is -2.09. The zero-order valence-corrected chi connectivity index (χ0v) is 8.40. The summed E-state index contributed by atoms with van der Waals surface area (Å²) >= 11 is 0. The Kier molecular flexibility index (Phi) is 2.60. The molecule has 4 N–H and O–H groups in total. The number of rotatable bonds is 4. The third kappa shape index (κ3) is 2.27. The van der Waals surface area contributed by atoms with Gasteiger partial charge in [0, 0.05) is 6.54 Å². The minimum atomic E-state index is -0.471. The molecule has 1 aromatic rings. The van der Waals surface area contributed by atoms with Crippen molar-refractivity contribution in [1.82, 2.24) is 0 Å². The van der Waals surface area contributed by atoms with Crippen LogP contribution in [0.15, 0.2) is 18.2 Å². The van der Waals surface area contributed by atoms with Gasteiger partial charge in [-0.1, -0.05) is 6.07 Å². The van der Waals surface area contributed by atoms with Crippen LogP contribution in [-0.2, 0) is 6.54 Å². The third-order valence-electron chi connectivity index (χ3n) is 2.36. The lowest BCUT2D eigenvalue weighted by Crippen LogP contribution is -2.14. The van der Waals surface area contributed by atoms with Crippen molar-refractivity contribution in [3.8, 4) is 5.75 Å². The molecule has 0 spiro atoms. The summed E-state index contributed by atoms with van der Waals surface area (Å²) in [4.78, 5) is 11.2. The van der Waals surface area contributed by atoms with Crippen LogP contribution >= 0.6 is 0 Å². The van der Waals surface area contributed by atoms with E-state index in [1.807, 2.05) is 6.07 Å². The molecule has 1 aliphatic rings. The molecule has 0 saturated heterocycles. The summed E-state index contributed by atoms with van der Waals surface area (Å²) in [6.45, 7) is 0.393. The molecule has 0 heterocycles. The molecule has 0 aliphatic heterocycles. The van der Waals surface area contributed by atoms with E-state index in [-0.39, 0.29) is 6.10 Å². The van der Waals surface area contributed by atoms with Gasteiger partial charge in [-0.2, -0.15) is 0 Å². The highest BCUT2D eigenvalue weighted by molar-refractivity contribution is 5.95. The summed E-state index contributed by atoms with van der Waals surface area (Å²) in [6.07, 6.45) is 2.36. The monoisotopic (exact) mass is 206 g/mol. The van der Waals surface area contributed by atoms with Gasteiger partial charge in [-0.05, 0) is 30.5 Å². The van der Waals surface area contributed by atoms with Crippen LogP contribution in [0, 0.1) is 0 Å². The Morgan fingerprint density at radius 1 is 1.47 bits per heavy atom. The van der Waals surface area contributed by atoms with E-state index in [9.17, 15) is 4.79 Å². The second-order valence-corrected chi connectivity index (χ2v) is 3.72. The average Bonchev–Trinajstić information content (AvgIpc) is 3.02. The molecule has 0 aromatic heterocycles. The highest BCUT2D eigenvalue weighted by Crippen LogP contribution is 2.29. The maximum Gasteiger partial charge on any atom is 0.252 e. The second kappa shape index (κ2) is 3.90.